The van der Waals surface area contributed by atoms with Crippen LogP contribution in [0.5, 0.6) is 0 Å². The smallest absolute Gasteiger partial charge is 0.335 e. The Hall–Kier alpha value is -2.13. The number of aryl methyl sites for hydroxylation is 1. The molecule has 3 nitrogen and oxygen atoms in total. The molecule has 0 heterocycles. The Bertz CT molecular complexity index is 691. The van der Waals surface area contributed by atoms with Crippen molar-refractivity contribution in [3.8, 4) is 0 Å². The average Bonchev–Trinajstić information content (AvgIpc) is 2.80. The summed E-state index contributed by atoms with van der Waals surface area (Å²) in [5.41, 5.74) is 5.59. The average molecular weight is 295 g/mol. The Balaban J connectivity index is 1.71. The highest BCUT2D eigenvalue weighted by atomic mass is 16.4. The summed E-state index contributed by atoms with van der Waals surface area (Å²) < 4.78 is 0. The van der Waals surface area contributed by atoms with Crippen LogP contribution in [0.2, 0.25) is 0 Å². The molecule has 0 spiro atoms. The molecule has 0 aromatic heterocycles. The fourth-order valence-corrected chi connectivity index (χ4v) is 3.27. The molecular weight excluding hydrogens is 274 g/mol. The van der Waals surface area contributed by atoms with Crippen molar-refractivity contribution in [1.29, 1.82) is 0 Å². The molecule has 2 aromatic rings. The van der Waals surface area contributed by atoms with E-state index in [0.717, 1.165) is 18.5 Å². The van der Waals surface area contributed by atoms with Crippen LogP contribution < -0.4 is 5.32 Å². The molecule has 0 amide bonds. The van der Waals surface area contributed by atoms with E-state index in [2.05, 4.69) is 37.4 Å². The van der Waals surface area contributed by atoms with Crippen LogP contribution in [0.1, 0.15) is 45.6 Å². The third-order valence-corrected chi connectivity index (χ3v) is 4.47. The first-order chi connectivity index (χ1) is 10.5. The van der Waals surface area contributed by atoms with Gasteiger partial charge in [0.1, 0.15) is 0 Å². The maximum atomic E-state index is 10.9. The van der Waals surface area contributed by atoms with Crippen molar-refractivity contribution in [2.75, 3.05) is 0 Å². The van der Waals surface area contributed by atoms with Gasteiger partial charge in [0, 0.05) is 12.6 Å². The molecule has 0 bridgehead atoms. The van der Waals surface area contributed by atoms with Gasteiger partial charge >= 0.3 is 5.97 Å². The van der Waals surface area contributed by atoms with Gasteiger partial charge in [-0.25, -0.2) is 4.79 Å². The molecule has 2 unspecified atom stereocenters. The SMILES string of the molecule is Cc1ccc2c(c1)C(NCc1ccc(C(=O)O)cc1)C(C)C2. The van der Waals surface area contributed by atoms with Gasteiger partial charge in [-0.3, -0.25) is 0 Å². The molecule has 1 aliphatic rings. The first kappa shape index (κ1) is 14.8. The zero-order chi connectivity index (χ0) is 15.7. The highest BCUT2D eigenvalue weighted by Crippen LogP contribution is 2.36. The van der Waals surface area contributed by atoms with Crippen LogP contribution >= 0.6 is 0 Å². The molecule has 0 saturated heterocycles. The van der Waals surface area contributed by atoms with Crippen molar-refractivity contribution in [2.45, 2.75) is 32.9 Å². The predicted octanol–water partition coefficient (Wildman–Crippen LogP) is 3.72. The lowest BCUT2D eigenvalue weighted by Crippen LogP contribution is -2.23. The van der Waals surface area contributed by atoms with E-state index in [-0.39, 0.29) is 0 Å². The second kappa shape index (κ2) is 5.93. The maximum Gasteiger partial charge on any atom is 0.335 e. The monoisotopic (exact) mass is 295 g/mol. The summed E-state index contributed by atoms with van der Waals surface area (Å²) in [5.74, 6) is -0.302. The van der Waals surface area contributed by atoms with E-state index in [9.17, 15) is 4.79 Å². The Morgan fingerprint density at radius 3 is 2.64 bits per heavy atom. The summed E-state index contributed by atoms with van der Waals surface area (Å²) in [7, 11) is 0. The van der Waals surface area contributed by atoms with Gasteiger partial charge in [-0.1, -0.05) is 42.8 Å². The Kier molecular flexibility index (Phi) is 3.99. The van der Waals surface area contributed by atoms with E-state index < -0.39 is 5.97 Å². The molecular formula is C19H21NO2. The standard InChI is InChI=1S/C19H21NO2/c1-12-3-6-16-10-13(2)18(17(16)9-12)20-11-14-4-7-15(8-5-14)19(21)22/h3-9,13,18,20H,10-11H2,1-2H3,(H,21,22). The van der Waals surface area contributed by atoms with Crippen LogP contribution in [0.15, 0.2) is 42.5 Å². The maximum absolute atomic E-state index is 10.9. The van der Waals surface area contributed by atoms with Crippen molar-refractivity contribution in [1.82, 2.24) is 5.32 Å². The third-order valence-electron chi connectivity index (χ3n) is 4.47. The molecule has 0 fully saturated rings. The summed E-state index contributed by atoms with van der Waals surface area (Å²) in [6, 6.07) is 14.2. The van der Waals surface area contributed by atoms with Crippen molar-refractivity contribution in [3.05, 3.63) is 70.3 Å². The van der Waals surface area contributed by atoms with Crippen LogP contribution in [-0.4, -0.2) is 11.1 Å². The topological polar surface area (TPSA) is 49.3 Å². The first-order valence-electron chi connectivity index (χ1n) is 7.69. The number of hydrogen-bond donors (Lipinski definition) is 2. The number of fused-ring (bicyclic) bond motifs is 1. The molecule has 3 rings (SSSR count). The molecule has 3 heteroatoms. The number of carboxylic acid groups (broad SMARTS) is 1. The number of hydrogen-bond acceptors (Lipinski definition) is 2. The van der Waals surface area contributed by atoms with E-state index >= 15 is 0 Å². The predicted molar refractivity (Wildman–Crippen MR) is 87.0 cm³/mol. The molecule has 22 heavy (non-hydrogen) atoms. The number of carboxylic acids is 1. The number of carbonyl (C=O) groups is 1. The molecule has 1 aliphatic carbocycles. The Labute approximate surface area is 131 Å². The van der Waals surface area contributed by atoms with Crippen LogP contribution in [0.25, 0.3) is 0 Å². The summed E-state index contributed by atoms with van der Waals surface area (Å²) in [6.45, 7) is 5.16. The molecule has 114 valence electrons. The Morgan fingerprint density at radius 2 is 1.95 bits per heavy atom. The molecule has 2 aromatic carbocycles. The second-order valence-electron chi connectivity index (χ2n) is 6.24. The normalized spacial score (nSPS) is 19.9. The van der Waals surface area contributed by atoms with Crippen molar-refractivity contribution in [2.24, 2.45) is 5.92 Å². The van der Waals surface area contributed by atoms with E-state index in [1.54, 1.807) is 12.1 Å². The van der Waals surface area contributed by atoms with Crippen molar-refractivity contribution in [3.63, 3.8) is 0 Å². The largest absolute Gasteiger partial charge is 0.478 e. The van der Waals surface area contributed by atoms with Crippen molar-refractivity contribution < 1.29 is 9.90 Å². The fourth-order valence-electron chi connectivity index (χ4n) is 3.27. The highest BCUT2D eigenvalue weighted by molar-refractivity contribution is 5.87. The summed E-state index contributed by atoms with van der Waals surface area (Å²) in [4.78, 5) is 10.9. The zero-order valence-electron chi connectivity index (χ0n) is 13.0. The van der Waals surface area contributed by atoms with E-state index in [0.29, 0.717) is 17.5 Å². The van der Waals surface area contributed by atoms with Crippen LogP contribution in [0.4, 0.5) is 0 Å². The zero-order valence-corrected chi connectivity index (χ0v) is 13.0. The molecule has 0 radical (unpaired) electrons. The van der Waals surface area contributed by atoms with Gasteiger partial charge in [0.25, 0.3) is 0 Å². The first-order valence-corrected chi connectivity index (χ1v) is 7.69. The van der Waals surface area contributed by atoms with Gasteiger partial charge in [0.2, 0.25) is 0 Å². The highest BCUT2D eigenvalue weighted by Gasteiger charge is 2.28. The molecule has 0 saturated carbocycles. The lowest BCUT2D eigenvalue weighted by atomic mass is 10.0. The lowest BCUT2D eigenvalue weighted by molar-refractivity contribution is 0.0697. The fraction of sp³-hybridized carbons (Fsp3) is 0.316. The molecule has 2 atom stereocenters. The van der Waals surface area contributed by atoms with Crippen LogP contribution in [0.3, 0.4) is 0 Å². The quantitative estimate of drug-likeness (QED) is 0.904. The second-order valence-corrected chi connectivity index (χ2v) is 6.24. The number of aromatic carboxylic acids is 1. The van der Waals surface area contributed by atoms with Gasteiger partial charge < -0.3 is 10.4 Å². The van der Waals surface area contributed by atoms with Gasteiger partial charge in [0.15, 0.2) is 0 Å². The van der Waals surface area contributed by atoms with Gasteiger partial charge in [0.05, 0.1) is 5.56 Å². The number of benzene rings is 2. The minimum atomic E-state index is -0.881. The number of rotatable bonds is 4. The molecule has 0 aliphatic heterocycles. The molecule has 2 N–H and O–H groups in total. The van der Waals surface area contributed by atoms with Gasteiger partial charge in [-0.15, -0.1) is 0 Å². The summed E-state index contributed by atoms with van der Waals surface area (Å²) in [5, 5.41) is 12.6. The van der Waals surface area contributed by atoms with E-state index in [4.69, 9.17) is 5.11 Å². The lowest BCUT2D eigenvalue weighted by Gasteiger charge is -2.19. The number of nitrogens with one attached hydrogen (secondary N) is 1. The minimum Gasteiger partial charge on any atom is -0.478 e. The van der Waals surface area contributed by atoms with Crippen LogP contribution in [-0.2, 0) is 13.0 Å². The van der Waals surface area contributed by atoms with Crippen molar-refractivity contribution >= 4 is 5.97 Å². The van der Waals surface area contributed by atoms with Gasteiger partial charge in [-0.05, 0) is 48.1 Å². The van der Waals surface area contributed by atoms with E-state index in [1.165, 1.54) is 16.7 Å². The summed E-state index contributed by atoms with van der Waals surface area (Å²) in [6.07, 6.45) is 1.12. The Morgan fingerprint density at radius 1 is 1.23 bits per heavy atom. The summed E-state index contributed by atoms with van der Waals surface area (Å²) >= 11 is 0. The van der Waals surface area contributed by atoms with Crippen LogP contribution in [0, 0.1) is 12.8 Å². The van der Waals surface area contributed by atoms with Gasteiger partial charge in [-0.2, -0.15) is 0 Å². The minimum absolute atomic E-state index is 0.332. The van der Waals surface area contributed by atoms with E-state index in [1.807, 2.05) is 12.1 Å². The third kappa shape index (κ3) is 2.90.